The van der Waals surface area contributed by atoms with E-state index in [9.17, 15) is 4.79 Å². The topological polar surface area (TPSA) is 60.8 Å². The molecule has 2 N–H and O–H groups in total. The van der Waals surface area contributed by atoms with Gasteiger partial charge in [-0.05, 0) is 22.6 Å². The van der Waals surface area contributed by atoms with Crippen molar-refractivity contribution in [3.63, 3.8) is 0 Å². The van der Waals surface area contributed by atoms with Crippen molar-refractivity contribution in [3.8, 4) is 0 Å². The number of aromatic carboxylic acids is 1. The maximum Gasteiger partial charge on any atom is 0.346 e. The molecule has 106 valence electrons. The van der Waals surface area contributed by atoms with Crippen LogP contribution in [0.25, 0.3) is 0 Å². The quantitative estimate of drug-likeness (QED) is 0.822. The number of hydrogen-bond acceptors (Lipinski definition) is 4. The van der Waals surface area contributed by atoms with Gasteiger partial charge in [0.05, 0.1) is 6.61 Å². The second-order valence-electron chi connectivity index (χ2n) is 4.50. The van der Waals surface area contributed by atoms with Crippen molar-refractivity contribution in [2.24, 2.45) is 0 Å². The van der Waals surface area contributed by atoms with Gasteiger partial charge in [0.2, 0.25) is 0 Å². The number of benzene rings is 1. The molecule has 0 amide bonds. The minimum atomic E-state index is -0.890. The molecular weight excluding hydrogens is 274 g/mol. The number of nitrogens with zero attached hydrogens (tertiary/aromatic N) is 1. The first-order valence-corrected chi connectivity index (χ1v) is 7.25. The van der Waals surface area contributed by atoms with Crippen molar-refractivity contribution in [1.82, 2.24) is 4.90 Å². The average Bonchev–Trinajstić information content (AvgIpc) is 2.88. The Kier molecular flexibility index (Phi) is 5.29. The van der Waals surface area contributed by atoms with Gasteiger partial charge in [-0.25, -0.2) is 4.79 Å². The second-order valence-corrected chi connectivity index (χ2v) is 5.42. The standard InChI is InChI=1S/C15H17NO3S/c17-8-7-16(10-12-4-2-1-3-5-12)11-13-6-9-20-14(13)15(18)19/h1-6,9,17H,7-8,10-11H2,(H,18,19). The molecule has 4 nitrogen and oxygen atoms in total. The Hall–Kier alpha value is -1.69. The van der Waals surface area contributed by atoms with Crippen molar-refractivity contribution >= 4 is 17.3 Å². The van der Waals surface area contributed by atoms with Crippen LogP contribution in [0.1, 0.15) is 20.8 Å². The van der Waals surface area contributed by atoms with Crippen LogP contribution in [0.15, 0.2) is 41.8 Å². The van der Waals surface area contributed by atoms with E-state index in [4.69, 9.17) is 10.2 Å². The molecule has 2 aromatic rings. The Bertz CT molecular complexity index is 553. The summed E-state index contributed by atoms with van der Waals surface area (Å²) in [7, 11) is 0. The van der Waals surface area contributed by atoms with Crippen molar-refractivity contribution in [3.05, 3.63) is 57.8 Å². The highest BCUT2D eigenvalue weighted by atomic mass is 32.1. The molecule has 0 aliphatic rings. The summed E-state index contributed by atoms with van der Waals surface area (Å²) in [6.45, 7) is 1.79. The van der Waals surface area contributed by atoms with E-state index < -0.39 is 5.97 Å². The summed E-state index contributed by atoms with van der Waals surface area (Å²) in [4.78, 5) is 13.5. The molecule has 0 aliphatic heterocycles. The van der Waals surface area contributed by atoms with Gasteiger partial charge >= 0.3 is 5.97 Å². The van der Waals surface area contributed by atoms with E-state index in [1.54, 1.807) is 5.38 Å². The highest BCUT2D eigenvalue weighted by molar-refractivity contribution is 7.12. The molecule has 2 rings (SSSR count). The molecule has 0 unspecified atom stereocenters. The predicted molar refractivity (Wildman–Crippen MR) is 78.9 cm³/mol. The maximum absolute atomic E-state index is 11.1. The number of carboxylic acids is 1. The van der Waals surface area contributed by atoms with Crippen molar-refractivity contribution in [2.75, 3.05) is 13.2 Å². The van der Waals surface area contributed by atoms with Crippen LogP contribution >= 0.6 is 11.3 Å². The number of rotatable bonds is 7. The third kappa shape index (κ3) is 3.90. The second kappa shape index (κ2) is 7.19. The Morgan fingerprint density at radius 1 is 1.15 bits per heavy atom. The molecule has 0 saturated carbocycles. The fourth-order valence-electron chi connectivity index (χ4n) is 2.09. The van der Waals surface area contributed by atoms with Gasteiger partial charge in [-0.15, -0.1) is 11.3 Å². The minimum Gasteiger partial charge on any atom is -0.477 e. The summed E-state index contributed by atoms with van der Waals surface area (Å²) < 4.78 is 0. The highest BCUT2D eigenvalue weighted by Gasteiger charge is 2.15. The zero-order valence-electron chi connectivity index (χ0n) is 11.0. The van der Waals surface area contributed by atoms with Gasteiger partial charge in [-0.3, -0.25) is 4.90 Å². The molecule has 1 aromatic carbocycles. The van der Waals surface area contributed by atoms with Crippen LogP contribution in [0.4, 0.5) is 0 Å². The van der Waals surface area contributed by atoms with Crippen LogP contribution in [0, 0.1) is 0 Å². The van der Waals surface area contributed by atoms with Gasteiger partial charge in [0.15, 0.2) is 0 Å². The Morgan fingerprint density at radius 2 is 1.90 bits per heavy atom. The predicted octanol–water partition coefficient (Wildman–Crippen LogP) is 2.44. The number of hydrogen-bond donors (Lipinski definition) is 2. The molecule has 0 saturated heterocycles. The Balaban J connectivity index is 2.09. The molecule has 0 spiro atoms. The Labute approximate surface area is 121 Å². The third-order valence-corrected chi connectivity index (χ3v) is 3.94. The minimum absolute atomic E-state index is 0.0549. The summed E-state index contributed by atoms with van der Waals surface area (Å²) in [6, 6.07) is 11.8. The van der Waals surface area contributed by atoms with E-state index in [0.29, 0.717) is 24.5 Å². The molecule has 0 atom stereocenters. The maximum atomic E-state index is 11.1. The molecule has 20 heavy (non-hydrogen) atoms. The summed E-state index contributed by atoms with van der Waals surface area (Å²) in [6.07, 6.45) is 0. The van der Waals surface area contributed by atoms with Crippen LogP contribution in [0.2, 0.25) is 0 Å². The first-order chi connectivity index (χ1) is 9.70. The summed E-state index contributed by atoms with van der Waals surface area (Å²) in [5.41, 5.74) is 1.94. The molecule has 5 heteroatoms. The average molecular weight is 291 g/mol. The van der Waals surface area contributed by atoms with Crippen molar-refractivity contribution in [1.29, 1.82) is 0 Å². The number of carbonyl (C=O) groups is 1. The van der Waals surface area contributed by atoms with Gasteiger partial charge in [0.25, 0.3) is 0 Å². The van der Waals surface area contributed by atoms with Crippen molar-refractivity contribution < 1.29 is 15.0 Å². The number of thiophene rings is 1. The number of aliphatic hydroxyl groups excluding tert-OH is 1. The number of carboxylic acid groups (broad SMARTS) is 1. The van der Waals surface area contributed by atoms with E-state index in [-0.39, 0.29) is 6.61 Å². The zero-order valence-corrected chi connectivity index (χ0v) is 11.8. The lowest BCUT2D eigenvalue weighted by atomic mass is 10.2. The zero-order chi connectivity index (χ0) is 14.4. The van der Waals surface area contributed by atoms with Gasteiger partial charge in [-0.1, -0.05) is 30.3 Å². The molecule has 0 radical (unpaired) electrons. The van der Waals surface area contributed by atoms with Crippen molar-refractivity contribution in [2.45, 2.75) is 13.1 Å². The van der Waals surface area contributed by atoms with Gasteiger partial charge in [0.1, 0.15) is 4.88 Å². The molecule has 0 fully saturated rings. The SMILES string of the molecule is O=C(O)c1sccc1CN(CCO)Cc1ccccc1. The van der Waals surface area contributed by atoms with Crippen LogP contribution in [-0.2, 0) is 13.1 Å². The van der Waals surface area contributed by atoms with E-state index >= 15 is 0 Å². The highest BCUT2D eigenvalue weighted by Crippen LogP contribution is 2.19. The van der Waals surface area contributed by atoms with E-state index in [2.05, 4.69) is 0 Å². The molecule has 1 heterocycles. The first-order valence-electron chi connectivity index (χ1n) is 6.37. The third-order valence-electron chi connectivity index (χ3n) is 3.00. The molecule has 0 aliphatic carbocycles. The van der Waals surface area contributed by atoms with E-state index in [1.165, 1.54) is 11.3 Å². The lowest BCUT2D eigenvalue weighted by Gasteiger charge is -2.21. The molecule has 0 bridgehead atoms. The van der Waals surface area contributed by atoms with Crippen LogP contribution in [-0.4, -0.2) is 34.2 Å². The molecule has 1 aromatic heterocycles. The van der Waals surface area contributed by atoms with Crippen LogP contribution < -0.4 is 0 Å². The molecular formula is C15H17NO3S. The van der Waals surface area contributed by atoms with E-state index in [1.807, 2.05) is 41.3 Å². The smallest absolute Gasteiger partial charge is 0.346 e. The van der Waals surface area contributed by atoms with Crippen LogP contribution in [0.5, 0.6) is 0 Å². The number of aliphatic hydroxyl groups is 1. The summed E-state index contributed by atoms with van der Waals surface area (Å²) >= 11 is 1.24. The largest absolute Gasteiger partial charge is 0.477 e. The summed E-state index contributed by atoms with van der Waals surface area (Å²) in [5, 5.41) is 20.1. The lowest BCUT2D eigenvalue weighted by Crippen LogP contribution is -2.26. The lowest BCUT2D eigenvalue weighted by molar-refractivity contribution is 0.0699. The normalized spacial score (nSPS) is 10.9. The first kappa shape index (κ1) is 14.7. The summed E-state index contributed by atoms with van der Waals surface area (Å²) in [5.74, 6) is -0.890. The van der Waals surface area contributed by atoms with Gasteiger partial charge < -0.3 is 10.2 Å². The van der Waals surface area contributed by atoms with Gasteiger partial charge in [-0.2, -0.15) is 0 Å². The fourth-order valence-corrected chi connectivity index (χ4v) is 2.84. The van der Waals surface area contributed by atoms with Crippen LogP contribution in [0.3, 0.4) is 0 Å². The van der Waals surface area contributed by atoms with E-state index in [0.717, 1.165) is 11.1 Å². The van der Waals surface area contributed by atoms with Gasteiger partial charge in [0, 0.05) is 19.6 Å². The Morgan fingerprint density at radius 3 is 2.55 bits per heavy atom. The monoisotopic (exact) mass is 291 g/mol. The fraction of sp³-hybridized carbons (Fsp3) is 0.267.